The topological polar surface area (TPSA) is 109 Å². The SMILES string of the molecule is COc1ccc(C(=O)NNC(=O)c2csc(NC(C)=O)n2)cc1. The van der Waals surface area contributed by atoms with Gasteiger partial charge in [-0.2, -0.15) is 0 Å². The van der Waals surface area contributed by atoms with Crippen molar-refractivity contribution in [3.8, 4) is 5.75 Å². The van der Waals surface area contributed by atoms with E-state index < -0.39 is 11.8 Å². The number of carbonyl (C=O) groups is 3. The number of carbonyl (C=O) groups excluding carboxylic acids is 3. The molecule has 1 aromatic carbocycles. The van der Waals surface area contributed by atoms with Gasteiger partial charge in [0.1, 0.15) is 11.4 Å². The molecular formula is C14H14N4O4S. The minimum absolute atomic E-state index is 0.0915. The van der Waals surface area contributed by atoms with E-state index in [1.807, 2.05) is 0 Å². The summed E-state index contributed by atoms with van der Waals surface area (Å²) in [7, 11) is 1.53. The largest absolute Gasteiger partial charge is 0.497 e. The second-order valence-corrected chi connectivity index (χ2v) is 5.21. The number of rotatable bonds is 4. The molecule has 2 aromatic rings. The molecule has 0 saturated carbocycles. The molecule has 3 N–H and O–H groups in total. The van der Waals surface area contributed by atoms with Crippen molar-refractivity contribution in [2.75, 3.05) is 12.4 Å². The first-order valence-corrected chi connectivity index (χ1v) is 7.35. The van der Waals surface area contributed by atoms with Gasteiger partial charge in [-0.25, -0.2) is 4.98 Å². The van der Waals surface area contributed by atoms with E-state index in [0.29, 0.717) is 16.4 Å². The lowest BCUT2D eigenvalue weighted by Crippen LogP contribution is -2.41. The van der Waals surface area contributed by atoms with Crippen LogP contribution >= 0.6 is 11.3 Å². The molecule has 0 radical (unpaired) electrons. The summed E-state index contributed by atoms with van der Waals surface area (Å²) in [6, 6.07) is 6.41. The molecule has 0 aliphatic rings. The lowest BCUT2D eigenvalue weighted by atomic mass is 10.2. The second kappa shape index (κ2) is 7.36. The smallest absolute Gasteiger partial charge is 0.289 e. The molecule has 2 rings (SSSR count). The Balaban J connectivity index is 1.91. The predicted molar refractivity (Wildman–Crippen MR) is 84.3 cm³/mol. The van der Waals surface area contributed by atoms with Gasteiger partial charge in [-0.05, 0) is 24.3 Å². The molecule has 3 amide bonds. The van der Waals surface area contributed by atoms with Crippen LogP contribution in [0.3, 0.4) is 0 Å². The summed E-state index contributed by atoms with van der Waals surface area (Å²) in [4.78, 5) is 38.6. The summed E-state index contributed by atoms with van der Waals surface area (Å²) in [6.07, 6.45) is 0. The number of nitrogens with zero attached hydrogens (tertiary/aromatic N) is 1. The maximum absolute atomic E-state index is 11.9. The van der Waals surface area contributed by atoms with Gasteiger partial charge in [0.2, 0.25) is 5.91 Å². The van der Waals surface area contributed by atoms with Crippen LogP contribution in [-0.4, -0.2) is 29.8 Å². The Morgan fingerprint density at radius 3 is 2.35 bits per heavy atom. The number of ether oxygens (including phenoxy) is 1. The number of hydrogen-bond donors (Lipinski definition) is 3. The lowest BCUT2D eigenvalue weighted by molar-refractivity contribution is -0.114. The molecule has 0 bridgehead atoms. The quantitative estimate of drug-likeness (QED) is 0.728. The van der Waals surface area contributed by atoms with Crippen molar-refractivity contribution in [1.82, 2.24) is 15.8 Å². The third kappa shape index (κ3) is 4.51. The Morgan fingerprint density at radius 1 is 1.09 bits per heavy atom. The average molecular weight is 334 g/mol. The fourth-order valence-corrected chi connectivity index (χ4v) is 2.31. The molecule has 1 heterocycles. The minimum Gasteiger partial charge on any atom is -0.497 e. The first-order chi connectivity index (χ1) is 11.0. The zero-order chi connectivity index (χ0) is 16.8. The Morgan fingerprint density at radius 2 is 1.74 bits per heavy atom. The Kier molecular flexibility index (Phi) is 5.26. The fraction of sp³-hybridized carbons (Fsp3) is 0.143. The van der Waals surface area contributed by atoms with E-state index in [-0.39, 0.29) is 11.6 Å². The zero-order valence-electron chi connectivity index (χ0n) is 12.4. The van der Waals surface area contributed by atoms with Crippen molar-refractivity contribution >= 4 is 34.2 Å². The van der Waals surface area contributed by atoms with Crippen LogP contribution in [0.25, 0.3) is 0 Å². The minimum atomic E-state index is -0.584. The third-order valence-electron chi connectivity index (χ3n) is 2.66. The number of nitrogens with one attached hydrogen (secondary N) is 3. The maximum Gasteiger partial charge on any atom is 0.289 e. The van der Waals surface area contributed by atoms with E-state index in [9.17, 15) is 14.4 Å². The molecule has 23 heavy (non-hydrogen) atoms. The van der Waals surface area contributed by atoms with Crippen molar-refractivity contribution < 1.29 is 19.1 Å². The summed E-state index contributed by atoms with van der Waals surface area (Å²) in [5.74, 6) is -0.712. The van der Waals surface area contributed by atoms with Gasteiger partial charge >= 0.3 is 0 Å². The number of amides is 3. The van der Waals surface area contributed by atoms with Crippen LogP contribution in [0.2, 0.25) is 0 Å². The molecule has 0 aliphatic carbocycles. The molecule has 0 saturated heterocycles. The van der Waals surface area contributed by atoms with E-state index in [0.717, 1.165) is 11.3 Å². The van der Waals surface area contributed by atoms with Gasteiger partial charge in [0, 0.05) is 17.9 Å². The molecule has 0 fully saturated rings. The van der Waals surface area contributed by atoms with Crippen LogP contribution < -0.4 is 20.9 Å². The number of methoxy groups -OCH3 is 1. The van der Waals surface area contributed by atoms with E-state index in [1.54, 1.807) is 24.3 Å². The first kappa shape index (κ1) is 16.4. The van der Waals surface area contributed by atoms with Crippen molar-refractivity contribution in [3.63, 3.8) is 0 Å². The lowest BCUT2D eigenvalue weighted by Gasteiger charge is -2.06. The van der Waals surface area contributed by atoms with E-state index >= 15 is 0 Å². The molecule has 0 atom stereocenters. The number of thiazole rings is 1. The predicted octanol–water partition coefficient (Wildman–Crippen LogP) is 1.18. The Hall–Kier alpha value is -2.94. The number of hydrazine groups is 1. The van der Waals surface area contributed by atoms with Crippen LogP contribution in [0.15, 0.2) is 29.6 Å². The highest BCUT2D eigenvalue weighted by Crippen LogP contribution is 2.15. The van der Waals surface area contributed by atoms with Gasteiger partial charge in [-0.15, -0.1) is 11.3 Å². The van der Waals surface area contributed by atoms with Gasteiger partial charge < -0.3 is 10.1 Å². The van der Waals surface area contributed by atoms with Gasteiger partial charge in [-0.1, -0.05) is 0 Å². The fourth-order valence-electron chi connectivity index (χ4n) is 1.58. The monoisotopic (exact) mass is 334 g/mol. The van der Waals surface area contributed by atoms with Crippen LogP contribution in [0.5, 0.6) is 5.75 Å². The summed E-state index contributed by atoms with van der Waals surface area (Å²) < 4.78 is 5.00. The Labute approximate surface area is 135 Å². The summed E-state index contributed by atoms with van der Waals surface area (Å²) >= 11 is 1.11. The third-order valence-corrected chi connectivity index (χ3v) is 3.42. The first-order valence-electron chi connectivity index (χ1n) is 6.47. The molecule has 0 aliphatic heterocycles. The number of aromatic nitrogens is 1. The van der Waals surface area contributed by atoms with Crippen LogP contribution in [0, 0.1) is 0 Å². The second-order valence-electron chi connectivity index (χ2n) is 4.36. The van der Waals surface area contributed by atoms with Crippen LogP contribution in [0.4, 0.5) is 5.13 Å². The van der Waals surface area contributed by atoms with Gasteiger partial charge in [0.05, 0.1) is 7.11 Å². The number of hydrogen-bond acceptors (Lipinski definition) is 6. The zero-order valence-corrected chi connectivity index (χ0v) is 13.2. The van der Waals surface area contributed by atoms with Crippen LogP contribution in [0.1, 0.15) is 27.8 Å². The van der Waals surface area contributed by atoms with E-state index in [1.165, 1.54) is 19.4 Å². The summed E-state index contributed by atoms with van der Waals surface area (Å²) in [5, 5.41) is 4.25. The standard InChI is InChI=1S/C14H14N4O4S/c1-8(19)15-14-16-11(7-23-14)13(21)18-17-12(20)9-3-5-10(22-2)6-4-9/h3-7H,1-2H3,(H,17,20)(H,18,21)(H,15,16,19). The average Bonchev–Trinajstić information content (AvgIpc) is 3.00. The highest BCUT2D eigenvalue weighted by Gasteiger charge is 2.13. The van der Waals surface area contributed by atoms with Crippen molar-refractivity contribution in [3.05, 3.63) is 40.9 Å². The van der Waals surface area contributed by atoms with E-state index in [2.05, 4.69) is 21.2 Å². The highest BCUT2D eigenvalue weighted by atomic mass is 32.1. The van der Waals surface area contributed by atoms with Gasteiger partial charge in [0.25, 0.3) is 11.8 Å². The number of anilines is 1. The molecule has 0 unspecified atom stereocenters. The molecular weight excluding hydrogens is 320 g/mol. The highest BCUT2D eigenvalue weighted by molar-refractivity contribution is 7.14. The normalized spacial score (nSPS) is 9.83. The number of benzene rings is 1. The van der Waals surface area contributed by atoms with Gasteiger partial charge in [-0.3, -0.25) is 25.2 Å². The molecule has 9 heteroatoms. The maximum atomic E-state index is 11.9. The van der Waals surface area contributed by atoms with Crippen molar-refractivity contribution in [2.45, 2.75) is 6.92 Å². The van der Waals surface area contributed by atoms with Gasteiger partial charge in [0.15, 0.2) is 5.13 Å². The molecule has 120 valence electrons. The van der Waals surface area contributed by atoms with Crippen molar-refractivity contribution in [2.24, 2.45) is 0 Å². The molecule has 8 nitrogen and oxygen atoms in total. The molecule has 1 aromatic heterocycles. The Bertz CT molecular complexity index is 727. The molecule has 0 spiro atoms. The van der Waals surface area contributed by atoms with E-state index in [4.69, 9.17) is 4.74 Å². The summed E-state index contributed by atoms with van der Waals surface area (Å²) in [5.41, 5.74) is 4.99. The van der Waals surface area contributed by atoms with Crippen LogP contribution in [-0.2, 0) is 4.79 Å². The summed E-state index contributed by atoms with van der Waals surface area (Å²) in [6.45, 7) is 1.34. The van der Waals surface area contributed by atoms with Crippen molar-refractivity contribution in [1.29, 1.82) is 0 Å².